The Hall–Kier alpha value is -2.50. The predicted octanol–water partition coefficient (Wildman–Crippen LogP) is 3.46. The topological polar surface area (TPSA) is 66.9 Å². The number of amides is 1. The third kappa shape index (κ3) is 4.75. The molecule has 2 N–H and O–H groups in total. The van der Waals surface area contributed by atoms with Gasteiger partial charge in [0.1, 0.15) is 11.6 Å². The van der Waals surface area contributed by atoms with E-state index in [1.54, 1.807) is 24.7 Å². The van der Waals surface area contributed by atoms with E-state index in [4.69, 9.17) is 0 Å². The van der Waals surface area contributed by atoms with Crippen LogP contribution in [0.15, 0.2) is 42.9 Å². The molecule has 25 heavy (non-hydrogen) atoms. The first-order chi connectivity index (χ1) is 12.1. The first-order valence-electron chi connectivity index (χ1n) is 8.70. The van der Waals surface area contributed by atoms with Gasteiger partial charge in [0.2, 0.25) is 5.91 Å². The van der Waals surface area contributed by atoms with Crippen LogP contribution in [0.3, 0.4) is 0 Å². The molecule has 0 aliphatic heterocycles. The zero-order valence-electron chi connectivity index (χ0n) is 14.3. The van der Waals surface area contributed by atoms with Gasteiger partial charge in [0.25, 0.3) is 0 Å². The van der Waals surface area contributed by atoms with E-state index in [0.29, 0.717) is 6.04 Å². The Morgan fingerprint density at radius 3 is 2.72 bits per heavy atom. The van der Waals surface area contributed by atoms with Crippen molar-refractivity contribution in [3.63, 3.8) is 0 Å². The highest BCUT2D eigenvalue weighted by Gasteiger charge is 2.27. The van der Waals surface area contributed by atoms with E-state index in [2.05, 4.69) is 20.6 Å². The number of benzene rings is 1. The maximum atomic E-state index is 13.3. The van der Waals surface area contributed by atoms with Crippen molar-refractivity contribution in [2.75, 3.05) is 5.32 Å². The van der Waals surface area contributed by atoms with Crippen molar-refractivity contribution in [3.8, 4) is 0 Å². The van der Waals surface area contributed by atoms with Crippen LogP contribution < -0.4 is 10.6 Å². The molecule has 0 bridgehead atoms. The van der Waals surface area contributed by atoms with Crippen molar-refractivity contribution in [3.05, 3.63) is 54.2 Å². The fourth-order valence-corrected chi connectivity index (χ4v) is 3.27. The number of halogens is 1. The van der Waals surface area contributed by atoms with E-state index in [0.717, 1.165) is 37.1 Å². The minimum absolute atomic E-state index is 0.0101. The summed E-state index contributed by atoms with van der Waals surface area (Å²) in [7, 11) is 0. The number of rotatable bonds is 5. The summed E-state index contributed by atoms with van der Waals surface area (Å²) >= 11 is 0. The molecule has 1 amide bonds. The van der Waals surface area contributed by atoms with Gasteiger partial charge in [-0.15, -0.1) is 0 Å². The van der Waals surface area contributed by atoms with Crippen LogP contribution in [0.25, 0.3) is 0 Å². The number of hydrogen-bond donors (Lipinski definition) is 2. The summed E-state index contributed by atoms with van der Waals surface area (Å²) in [6.45, 7) is 1.88. The number of carbonyl (C=O) groups excluding carboxylic acids is 1. The lowest BCUT2D eigenvalue weighted by Crippen LogP contribution is -2.37. The summed E-state index contributed by atoms with van der Waals surface area (Å²) in [6, 6.07) is 6.49. The normalized spacial score (nSPS) is 21.4. The highest BCUT2D eigenvalue weighted by Crippen LogP contribution is 2.27. The van der Waals surface area contributed by atoms with E-state index in [-0.39, 0.29) is 23.7 Å². The SMILES string of the molecule is C[C@H](NC(=O)C1CCC(Nc2cnccn2)CC1)c1cccc(F)c1. The molecule has 132 valence electrons. The minimum atomic E-state index is -0.283. The second-order valence-corrected chi connectivity index (χ2v) is 6.57. The van der Waals surface area contributed by atoms with Crippen LogP contribution in [0.2, 0.25) is 0 Å². The average Bonchev–Trinajstić information content (AvgIpc) is 2.63. The standard InChI is InChI=1S/C19H23FN4O/c1-13(15-3-2-4-16(20)11-15)23-19(25)14-5-7-17(8-6-14)24-18-12-21-9-10-22-18/h2-4,9-14,17H,5-8H2,1H3,(H,22,24)(H,23,25)/t13-,14?,17?/m0/s1. The number of aromatic nitrogens is 2. The van der Waals surface area contributed by atoms with Gasteiger partial charge in [0.05, 0.1) is 12.2 Å². The van der Waals surface area contributed by atoms with Crippen molar-refractivity contribution in [1.82, 2.24) is 15.3 Å². The van der Waals surface area contributed by atoms with Gasteiger partial charge >= 0.3 is 0 Å². The summed E-state index contributed by atoms with van der Waals surface area (Å²) < 4.78 is 13.3. The first kappa shape index (κ1) is 17.3. The molecular formula is C19H23FN4O. The van der Waals surface area contributed by atoms with Crippen molar-refractivity contribution in [2.45, 2.75) is 44.7 Å². The summed E-state index contributed by atoms with van der Waals surface area (Å²) in [5.74, 6) is 0.551. The molecule has 6 heteroatoms. The number of nitrogens with zero attached hydrogens (tertiary/aromatic N) is 2. The molecule has 0 saturated heterocycles. The quantitative estimate of drug-likeness (QED) is 0.873. The maximum absolute atomic E-state index is 13.3. The summed E-state index contributed by atoms with van der Waals surface area (Å²) in [6.07, 6.45) is 8.52. The highest BCUT2D eigenvalue weighted by molar-refractivity contribution is 5.79. The zero-order valence-corrected chi connectivity index (χ0v) is 14.3. The van der Waals surface area contributed by atoms with Gasteiger partial charge in [-0.2, -0.15) is 0 Å². The van der Waals surface area contributed by atoms with E-state index >= 15 is 0 Å². The smallest absolute Gasteiger partial charge is 0.223 e. The van der Waals surface area contributed by atoms with Gasteiger partial charge in [-0.1, -0.05) is 12.1 Å². The molecule has 0 spiro atoms. The van der Waals surface area contributed by atoms with E-state index in [1.807, 2.05) is 13.0 Å². The van der Waals surface area contributed by atoms with Crippen molar-refractivity contribution >= 4 is 11.7 Å². The molecule has 1 aromatic carbocycles. The molecule has 1 aliphatic rings. The molecule has 1 aromatic heterocycles. The molecule has 1 atom stereocenters. The number of anilines is 1. The van der Waals surface area contributed by atoms with Crippen LogP contribution in [-0.2, 0) is 4.79 Å². The number of nitrogens with one attached hydrogen (secondary N) is 2. The van der Waals surface area contributed by atoms with Crippen LogP contribution in [0.1, 0.15) is 44.2 Å². The molecule has 2 aromatic rings. The molecule has 3 rings (SSSR count). The Bertz CT molecular complexity index is 702. The van der Waals surface area contributed by atoms with Gasteiger partial charge in [0.15, 0.2) is 0 Å². The average molecular weight is 342 g/mol. The van der Waals surface area contributed by atoms with Crippen LogP contribution in [0, 0.1) is 11.7 Å². The second-order valence-electron chi connectivity index (χ2n) is 6.57. The van der Waals surface area contributed by atoms with Crippen LogP contribution >= 0.6 is 0 Å². The summed E-state index contributed by atoms with van der Waals surface area (Å²) in [5, 5.41) is 6.38. The summed E-state index contributed by atoms with van der Waals surface area (Å²) in [5.41, 5.74) is 0.784. The van der Waals surface area contributed by atoms with E-state index in [9.17, 15) is 9.18 Å². The van der Waals surface area contributed by atoms with E-state index in [1.165, 1.54) is 12.1 Å². The van der Waals surface area contributed by atoms with Crippen LogP contribution in [-0.4, -0.2) is 21.9 Å². The molecule has 0 unspecified atom stereocenters. The summed E-state index contributed by atoms with van der Waals surface area (Å²) in [4.78, 5) is 20.8. The lowest BCUT2D eigenvalue weighted by atomic mass is 9.85. The second kappa shape index (κ2) is 8.05. The molecule has 5 nitrogen and oxygen atoms in total. The third-order valence-electron chi connectivity index (χ3n) is 4.72. The van der Waals surface area contributed by atoms with E-state index < -0.39 is 0 Å². The lowest BCUT2D eigenvalue weighted by molar-refractivity contribution is -0.126. The number of carbonyl (C=O) groups is 1. The lowest BCUT2D eigenvalue weighted by Gasteiger charge is -2.29. The van der Waals surface area contributed by atoms with Crippen LogP contribution in [0.5, 0.6) is 0 Å². The maximum Gasteiger partial charge on any atom is 0.223 e. The van der Waals surface area contributed by atoms with Gasteiger partial charge in [-0.25, -0.2) is 9.37 Å². The van der Waals surface area contributed by atoms with Gasteiger partial charge in [-0.3, -0.25) is 9.78 Å². The largest absolute Gasteiger partial charge is 0.366 e. The van der Waals surface area contributed by atoms with Gasteiger partial charge < -0.3 is 10.6 Å². The fraction of sp³-hybridized carbons (Fsp3) is 0.421. The Kier molecular flexibility index (Phi) is 5.58. The Balaban J connectivity index is 1.48. The monoisotopic (exact) mass is 342 g/mol. The van der Waals surface area contributed by atoms with Gasteiger partial charge in [0, 0.05) is 24.4 Å². The fourth-order valence-electron chi connectivity index (χ4n) is 3.27. The highest BCUT2D eigenvalue weighted by atomic mass is 19.1. The number of hydrogen-bond acceptors (Lipinski definition) is 4. The van der Waals surface area contributed by atoms with Crippen LogP contribution in [0.4, 0.5) is 10.2 Å². The predicted molar refractivity (Wildman–Crippen MR) is 94.4 cm³/mol. The van der Waals surface area contributed by atoms with Crippen molar-refractivity contribution in [2.24, 2.45) is 5.92 Å². The Labute approximate surface area is 147 Å². The third-order valence-corrected chi connectivity index (χ3v) is 4.72. The molecule has 1 saturated carbocycles. The van der Waals surface area contributed by atoms with Crippen molar-refractivity contribution in [1.29, 1.82) is 0 Å². The Morgan fingerprint density at radius 1 is 1.24 bits per heavy atom. The van der Waals surface area contributed by atoms with Gasteiger partial charge in [-0.05, 0) is 50.3 Å². The zero-order chi connectivity index (χ0) is 17.6. The minimum Gasteiger partial charge on any atom is -0.366 e. The first-order valence-corrected chi connectivity index (χ1v) is 8.70. The molecule has 1 aliphatic carbocycles. The molecule has 1 heterocycles. The van der Waals surface area contributed by atoms with Crippen molar-refractivity contribution < 1.29 is 9.18 Å². The Morgan fingerprint density at radius 2 is 2.04 bits per heavy atom. The molecule has 1 fully saturated rings. The molecule has 0 radical (unpaired) electrons. The molecular weight excluding hydrogens is 319 g/mol.